The van der Waals surface area contributed by atoms with Crippen LogP contribution in [0.3, 0.4) is 0 Å². The number of methoxy groups -OCH3 is 1. The highest BCUT2D eigenvalue weighted by atomic mass is 16.5. The molecule has 2 aromatic heterocycles. The van der Waals surface area contributed by atoms with Gasteiger partial charge in [-0.15, -0.1) is 0 Å². The molecule has 0 spiro atoms. The number of rotatable bonds is 6. The molecule has 4 rings (SSSR count). The molecule has 0 unspecified atom stereocenters. The fourth-order valence-electron chi connectivity index (χ4n) is 2.85. The van der Waals surface area contributed by atoms with Gasteiger partial charge in [-0.1, -0.05) is 0 Å². The Hall–Kier alpha value is -4.46. The first-order chi connectivity index (χ1) is 15.1. The van der Waals surface area contributed by atoms with Crippen molar-refractivity contribution in [2.45, 2.75) is 0 Å². The number of aromatic nitrogens is 3. The zero-order valence-corrected chi connectivity index (χ0v) is 16.6. The molecule has 4 aromatic rings. The summed E-state index contributed by atoms with van der Waals surface area (Å²) >= 11 is 0. The van der Waals surface area contributed by atoms with Gasteiger partial charge < -0.3 is 15.4 Å². The lowest BCUT2D eigenvalue weighted by Gasteiger charge is -2.08. The molecule has 0 radical (unpaired) electrons. The van der Waals surface area contributed by atoms with Gasteiger partial charge in [0.25, 0.3) is 11.8 Å². The van der Waals surface area contributed by atoms with Crippen LogP contribution in [0, 0.1) is 0 Å². The minimum atomic E-state index is -0.292. The van der Waals surface area contributed by atoms with Crippen LogP contribution in [0.4, 0.5) is 11.4 Å². The lowest BCUT2D eigenvalue weighted by molar-refractivity contribution is 0.101. The maximum absolute atomic E-state index is 12.5. The van der Waals surface area contributed by atoms with Gasteiger partial charge in [-0.3, -0.25) is 14.2 Å². The molecule has 0 fully saturated rings. The van der Waals surface area contributed by atoms with Gasteiger partial charge in [0.2, 0.25) is 0 Å². The minimum Gasteiger partial charge on any atom is -0.497 e. The molecule has 2 aromatic carbocycles. The zero-order chi connectivity index (χ0) is 21.6. The van der Waals surface area contributed by atoms with Crippen LogP contribution < -0.4 is 15.4 Å². The molecule has 0 aliphatic rings. The van der Waals surface area contributed by atoms with Crippen LogP contribution in [-0.2, 0) is 0 Å². The van der Waals surface area contributed by atoms with Crippen molar-refractivity contribution in [1.29, 1.82) is 0 Å². The molecular weight excluding hydrogens is 394 g/mol. The fraction of sp³-hybridized carbons (Fsp3) is 0.0435. The Kier molecular flexibility index (Phi) is 5.70. The third kappa shape index (κ3) is 4.76. The van der Waals surface area contributed by atoms with Gasteiger partial charge in [0.05, 0.1) is 12.7 Å². The summed E-state index contributed by atoms with van der Waals surface area (Å²) in [6, 6.07) is 17.1. The molecule has 2 heterocycles. The van der Waals surface area contributed by atoms with Gasteiger partial charge in [-0.25, -0.2) is 9.97 Å². The minimum absolute atomic E-state index is 0.248. The average Bonchev–Trinajstić information content (AvgIpc) is 3.35. The molecule has 0 saturated carbocycles. The van der Waals surface area contributed by atoms with E-state index in [1.54, 1.807) is 91.1 Å². The third-order valence-corrected chi connectivity index (χ3v) is 4.53. The topological polar surface area (TPSA) is 98.1 Å². The number of hydrogen-bond donors (Lipinski definition) is 2. The summed E-state index contributed by atoms with van der Waals surface area (Å²) in [4.78, 5) is 33.1. The van der Waals surface area contributed by atoms with E-state index in [4.69, 9.17) is 4.74 Å². The first-order valence-electron chi connectivity index (χ1n) is 9.43. The first-order valence-corrected chi connectivity index (χ1v) is 9.43. The van der Waals surface area contributed by atoms with Crippen molar-refractivity contribution in [3.05, 3.63) is 96.7 Å². The number of benzene rings is 2. The second kappa shape index (κ2) is 8.91. The van der Waals surface area contributed by atoms with Crippen molar-refractivity contribution in [3.63, 3.8) is 0 Å². The highest BCUT2D eigenvalue weighted by molar-refractivity contribution is 6.06. The normalized spacial score (nSPS) is 10.4. The summed E-state index contributed by atoms with van der Waals surface area (Å²) in [5.41, 5.74) is 2.13. The number of nitrogens with one attached hydrogen (secondary N) is 2. The number of amides is 2. The Bertz CT molecular complexity index is 1170. The number of hydrogen-bond acceptors (Lipinski definition) is 5. The van der Waals surface area contributed by atoms with E-state index < -0.39 is 0 Å². The Morgan fingerprint density at radius 3 is 2.00 bits per heavy atom. The Morgan fingerprint density at radius 1 is 0.839 bits per heavy atom. The number of carbonyl (C=O) groups excluding carboxylic acids is 2. The van der Waals surface area contributed by atoms with Crippen LogP contribution in [0.25, 0.3) is 5.82 Å². The van der Waals surface area contributed by atoms with Crippen molar-refractivity contribution in [2.24, 2.45) is 0 Å². The number of pyridine rings is 1. The van der Waals surface area contributed by atoms with Crippen LogP contribution in [0.1, 0.15) is 20.7 Å². The van der Waals surface area contributed by atoms with E-state index in [-0.39, 0.29) is 11.8 Å². The summed E-state index contributed by atoms with van der Waals surface area (Å²) in [6.07, 6.45) is 6.56. The highest BCUT2D eigenvalue weighted by Gasteiger charge is 2.10. The molecule has 31 heavy (non-hydrogen) atoms. The molecule has 0 saturated heterocycles. The lowest BCUT2D eigenvalue weighted by atomic mass is 10.1. The molecule has 2 N–H and O–H groups in total. The van der Waals surface area contributed by atoms with E-state index in [0.29, 0.717) is 34.1 Å². The maximum atomic E-state index is 12.5. The summed E-state index contributed by atoms with van der Waals surface area (Å²) in [5, 5.41) is 5.61. The van der Waals surface area contributed by atoms with E-state index in [9.17, 15) is 9.59 Å². The van der Waals surface area contributed by atoms with E-state index in [0.717, 1.165) is 0 Å². The first kappa shape index (κ1) is 19.8. The fourth-order valence-corrected chi connectivity index (χ4v) is 2.85. The maximum Gasteiger partial charge on any atom is 0.257 e. The molecule has 0 aliphatic carbocycles. The van der Waals surface area contributed by atoms with Crippen molar-refractivity contribution in [1.82, 2.24) is 14.5 Å². The SMILES string of the molecule is COc1ccc(NC(=O)c2ccc(NC(=O)c3ccc(-n4ccnc4)nc3)cc2)cc1. The number of nitrogens with zero attached hydrogens (tertiary/aromatic N) is 3. The van der Waals surface area contributed by atoms with Crippen LogP contribution in [0.15, 0.2) is 85.6 Å². The van der Waals surface area contributed by atoms with Crippen LogP contribution in [0.2, 0.25) is 0 Å². The van der Waals surface area contributed by atoms with Crippen LogP contribution >= 0.6 is 0 Å². The Balaban J connectivity index is 1.37. The van der Waals surface area contributed by atoms with Crippen molar-refractivity contribution < 1.29 is 14.3 Å². The molecule has 0 aliphatic heterocycles. The number of carbonyl (C=O) groups is 2. The van der Waals surface area contributed by atoms with Crippen molar-refractivity contribution >= 4 is 23.2 Å². The predicted octanol–water partition coefficient (Wildman–Crippen LogP) is 3.78. The monoisotopic (exact) mass is 413 g/mol. The van der Waals surface area contributed by atoms with Gasteiger partial charge in [0.1, 0.15) is 17.9 Å². The quantitative estimate of drug-likeness (QED) is 0.501. The summed E-state index contributed by atoms with van der Waals surface area (Å²) < 4.78 is 6.85. The number of ether oxygens (including phenoxy) is 1. The molecule has 8 nitrogen and oxygen atoms in total. The van der Waals surface area contributed by atoms with Gasteiger partial charge in [0, 0.05) is 35.5 Å². The van der Waals surface area contributed by atoms with Crippen LogP contribution in [-0.4, -0.2) is 33.5 Å². The predicted molar refractivity (Wildman–Crippen MR) is 117 cm³/mol. The van der Waals surface area contributed by atoms with Crippen molar-refractivity contribution in [3.8, 4) is 11.6 Å². The van der Waals surface area contributed by atoms with Crippen LogP contribution in [0.5, 0.6) is 5.75 Å². The van der Waals surface area contributed by atoms with E-state index >= 15 is 0 Å². The van der Waals surface area contributed by atoms with Gasteiger partial charge in [-0.05, 0) is 60.7 Å². The molecule has 154 valence electrons. The second-order valence-corrected chi connectivity index (χ2v) is 6.59. The molecular formula is C23H19N5O3. The molecule has 0 bridgehead atoms. The molecule has 0 atom stereocenters. The summed E-state index contributed by atoms with van der Waals surface area (Å²) in [6.45, 7) is 0. The standard InChI is InChI=1S/C23H19N5O3/c1-31-20-9-7-19(8-10-20)26-22(29)16-2-5-18(6-3-16)27-23(30)17-4-11-21(25-14-17)28-13-12-24-15-28/h2-15H,1H3,(H,26,29)(H,27,30). The highest BCUT2D eigenvalue weighted by Crippen LogP contribution is 2.17. The average molecular weight is 413 g/mol. The van der Waals surface area contributed by atoms with Gasteiger partial charge in [-0.2, -0.15) is 0 Å². The van der Waals surface area contributed by atoms with Crippen molar-refractivity contribution in [2.75, 3.05) is 17.7 Å². The number of anilines is 2. The smallest absolute Gasteiger partial charge is 0.257 e. The van der Waals surface area contributed by atoms with Gasteiger partial charge >= 0.3 is 0 Å². The molecule has 2 amide bonds. The Morgan fingerprint density at radius 2 is 1.45 bits per heavy atom. The largest absolute Gasteiger partial charge is 0.497 e. The summed E-state index contributed by atoms with van der Waals surface area (Å²) in [7, 11) is 1.58. The second-order valence-electron chi connectivity index (χ2n) is 6.59. The zero-order valence-electron chi connectivity index (χ0n) is 16.6. The Labute approximate surface area is 178 Å². The van der Waals surface area contributed by atoms with E-state index in [2.05, 4.69) is 20.6 Å². The third-order valence-electron chi connectivity index (χ3n) is 4.53. The lowest BCUT2D eigenvalue weighted by Crippen LogP contribution is -2.14. The van der Waals surface area contributed by atoms with E-state index in [1.165, 1.54) is 6.20 Å². The molecule has 8 heteroatoms. The summed E-state index contributed by atoms with van der Waals surface area (Å²) in [5.74, 6) is 0.841. The number of imidazole rings is 1. The van der Waals surface area contributed by atoms with Gasteiger partial charge in [0.15, 0.2) is 0 Å². The van der Waals surface area contributed by atoms with E-state index in [1.807, 2.05) is 0 Å².